The van der Waals surface area contributed by atoms with Crippen LogP contribution in [0.1, 0.15) is 21.6 Å². The average Bonchev–Trinajstić information content (AvgIpc) is 3.51. The fourth-order valence-corrected chi connectivity index (χ4v) is 5.27. The third-order valence-corrected chi connectivity index (χ3v) is 7.17. The molecule has 2 N–H and O–H groups in total. The number of nitrogens with zero attached hydrogens (tertiary/aromatic N) is 2. The number of carbonyl (C=O) groups excluding carboxylic acids is 2. The lowest BCUT2D eigenvalue weighted by Gasteiger charge is -2.27. The molecule has 0 fully saturated rings. The van der Waals surface area contributed by atoms with Crippen molar-refractivity contribution in [1.29, 1.82) is 0 Å². The summed E-state index contributed by atoms with van der Waals surface area (Å²) in [5, 5.41) is 4.56. The normalized spacial score (nSPS) is 14.1. The maximum Gasteiger partial charge on any atom is 0.256 e. The van der Waals surface area contributed by atoms with Crippen molar-refractivity contribution in [2.75, 3.05) is 24.4 Å². The van der Waals surface area contributed by atoms with Gasteiger partial charge < -0.3 is 24.7 Å². The van der Waals surface area contributed by atoms with Crippen LogP contribution >= 0.6 is 11.8 Å². The molecule has 0 radical (unpaired) electrons. The molecule has 0 spiro atoms. The Bertz CT molecular complexity index is 1450. The molecule has 35 heavy (non-hydrogen) atoms. The van der Waals surface area contributed by atoms with E-state index in [1.165, 1.54) is 23.0 Å². The zero-order chi connectivity index (χ0) is 23.8. The Kier molecular flexibility index (Phi) is 5.54. The highest BCUT2D eigenvalue weighted by Crippen LogP contribution is 2.34. The fraction of sp³-hybridized carbons (Fsp3) is 0.192. The summed E-state index contributed by atoms with van der Waals surface area (Å²) in [4.78, 5) is 35.8. The molecular weight excluding hydrogens is 464 g/mol. The molecule has 0 aliphatic carbocycles. The van der Waals surface area contributed by atoms with Gasteiger partial charge in [-0.1, -0.05) is 30.0 Å². The zero-order valence-corrected chi connectivity index (χ0v) is 19.6. The number of para-hydroxylation sites is 1. The number of hydrogen-bond donors (Lipinski definition) is 2. The number of ether oxygens (including phenoxy) is 2. The van der Waals surface area contributed by atoms with Crippen molar-refractivity contribution in [2.24, 2.45) is 0 Å². The number of benzene rings is 2. The Morgan fingerprint density at radius 1 is 1.09 bits per heavy atom. The van der Waals surface area contributed by atoms with Crippen LogP contribution in [0.3, 0.4) is 0 Å². The quantitative estimate of drug-likeness (QED) is 0.410. The first-order valence-electron chi connectivity index (χ1n) is 11.3. The molecule has 0 unspecified atom stereocenters. The third kappa shape index (κ3) is 4.19. The molecule has 2 aliphatic rings. The number of fused-ring (bicyclic) bond motifs is 4. The van der Waals surface area contributed by atoms with E-state index in [1.807, 2.05) is 17.0 Å². The number of aromatic amines is 1. The number of aromatic nitrogens is 2. The molecule has 4 aromatic rings. The molecule has 0 atom stereocenters. The zero-order valence-electron chi connectivity index (χ0n) is 18.7. The summed E-state index contributed by atoms with van der Waals surface area (Å²) in [6, 6.07) is 17.0. The van der Waals surface area contributed by atoms with E-state index < -0.39 is 0 Å². The molecule has 6 rings (SSSR count). The number of hydrogen-bond acceptors (Lipinski definition) is 6. The molecule has 0 saturated heterocycles. The lowest BCUT2D eigenvalue weighted by Crippen LogP contribution is -2.36. The minimum Gasteiger partial charge on any atom is -0.454 e. The Hall–Kier alpha value is -3.98. The van der Waals surface area contributed by atoms with E-state index in [9.17, 15) is 9.59 Å². The van der Waals surface area contributed by atoms with Crippen molar-refractivity contribution >= 4 is 40.2 Å². The molecule has 2 aliphatic heterocycles. The largest absolute Gasteiger partial charge is 0.454 e. The predicted molar refractivity (Wildman–Crippen MR) is 133 cm³/mol. The standard InChI is InChI=1S/C26H22N4O4S/c31-24(28-16-7-8-22-23(12-16)34-15-33-22)14-35-25-18(5-3-10-27-25)26(32)30-11-9-21-19(13-30)17-4-1-2-6-20(17)29-21/h1-8,10,12,29H,9,11,13-15H2,(H,28,31). The summed E-state index contributed by atoms with van der Waals surface area (Å²) in [7, 11) is 0. The summed E-state index contributed by atoms with van der Waals surface area (Å²) in [5.74, 6) is 1.12. The molecular formula is C26H22N4O4S. The van der Waals surface area contributed by atoms with Gasteiger partial charge in [0.15, 0.2) is 11.5 Å². The molecule has 2 aromatic heterocycles. The molecule has 0 saturated carbocycles. The number of thioether (sulfide) groups is 1. The van der Waals surface area contributed by atoms with Crippen molar-refractivity contribution in [3.63, 3.8) is 0 Å². The summed E-state index contributed by atoms with van der Waals surface area (Å²) in [5.41, 5.74) is 4.59. The SMILES string of the molecule is O=C(CSc1ncccc1C(=O)N1CCc2[nH]c3ccccc3c2C1)Nc1ccc2c(c1)OCO2. The van der Waals surface area contributed by atoms with Crippen LogP contribution in [-0.4, -0.2) is 45.8 Å². The summed E-state index contributed by atoms with van der Waals surface area (Å²) in [6.45, 7) is 1.35. The maximum atomic E-state index is 13.5. The minimum atomic E-state index is -0.195. The summed E-state index contributed by atoms with van der Waals surface area (Å²) in [6.07, 6.45) is 2.42. The van der Waals surface area contributed by atoms with Gasteiger partial charge in [0.1, 0.15) is 5.03 Å². The van der Waals surface area contributed by atoms with Crippen molar-refractivity contribution in [3.8, 4) is 11.5 Å². The number of nitrogens with one attached hydrogen (secondary N) is 2. The predicted octanol–water partition coefficient (Wildman–Crippen LogP) is 4.22. The van der Waals surface area contributed by atoms with Crippen LogP contribution in [0, 0.1) is 0 Å². The van der Waals surface area contributed by atoms with Crippen LogP contribution in [0.5, 0.6) is 11.5 Å². The van der Waals surface area contributed by atoms with Gasteiger partial charge in [0.2, 0.25) is 12.7 Å². The Morgan fingerprint density at radius 3 is 2.91 bits per heavy atom. The van der Waals surface area contributed by atoms with Gasteiger partial charge in [-0.2, -0.15) is 0 Å². The number of anilines is 1. The van der Waals surface area contributed by atoms with Crippen molar-refractivity contribution in [3.05, 3.63) is 77.6 Å². The summed E-state index contributed by atoms with van der Waals surface area (Å²) >= 11 is 1.25. The van der Waals surface area contributed by atoms with E-state index in [4.69, 9.17) is 9.47 Å². The van der Waals surface area contributed by atoms with Crippen LogP contribution in [0.2, 0.25) is 0 Å². The number of amides is 2. The molecule has 0 bridgehead atoms. The lowest BCUT2D eigenvalue weighted by atomic mass is 10.0. The molecule has 8 nitrogen and oxygen atoms in total. The lowest BCUT2D eigenvalue weighted by molar-refractivity contribution is -0.113. The van der Waals surface area contributed by atoms with E-state index in [1.54, 1.807) is 36.5 Å². The van der Waals surface area contributed by atoms with Crippen LogP contribution in [-0.2, 0) is 17.8 Å². The Morgan fingerprint density at radius 2 is 1.97 bits per heavy atom. The van der Waals surface area contributed by atoms with Crippen molar-refractivity contribution < 1.29 is 19.1 Å². The monoisotopic (exact) mass is 486 g/mol. The number of rotatable bonds is 5. The fourth-order valence-electron chi connectivity index (χ4n) is 4.48. The van der Waals surface area contributed by atoms with Gasteiger partial charge in [-0.05, 0) is 30.3 Å². The second-order valence-electron chi connectivity index (χ2n) is 8.37. The van der Waals surface area contributed by atoms with Crippen LogP contribution < -0.4 is 14.8 Å². The molecule has 9 heteroatoms. The maximum absolute atomic E-state index is 13.5. The Balaban J connectivity index is 1.14. The highest BCUT2D eigenvalue weighted by Gasteiger charge is 2.26. The highest BCUT2D eigenvalue weighted by atomic mass is 32.2. The first-order valence-corrected chi connectivity index (χ1v) is 12.3. The highest BCUT2D eigenvalue weighted by molar-refractivity contribution is 8.00. The van der Waals surface area contributed by atoms with Gasteiger partial charge in [-0.3, -0.25) is 9.59 Å². The first-order chi connectivity index (χ1) is 17.2. The topological polar surface area (TPSA) is 96.6 Å². The van der Waals surface area contributed by atoms with Gasteiger partial charge in [0.25, 0.3) is 5.91 Å². The summed E-state index contributed by atoms with van der Waals surface area (Å²) < 4.78 is 10.7. The van der Waals surface area contributed by atoms with E-state index in [0.29, 0.717) is 40.9 Å². The average molecular weight is 487 g/mol. The first kappa shape index (κ1) is 21.5. The van der Waals surface area contributed by atoms with Crippen molar-refractivity contribution in [1.82, 2.24) is 14.9 Å². The van der Waals surface area contributed by atoms with E-state index in [2.05, 4.69) is 27.4 Å². The van der Waals surface area contributed by atoms with Crippen molar-refractivity contribution in [2.45, 2.75) is 18.0 Å². The van der Waals surface area contributed by atoms with E-state index in [-0.39, 0.29) is 24.4 Å². The van der Waals surface area contributed by atoms with Gasteiger partial charge in [0.05, 0.1) is 11.3 Å². The minimum absolute atomic E-state index is 0.0762. The van der Waals surface area contributed by atoms with Gasteiger partial charge >= 0.3 is 0 Å². The second-order valence-corrected chi connectivity index (χ2v) is 9.33. The van der Waals surface area contributed by atoms with Gasteiger partial charge in [-0.15, -0.1) is 0 Å². The molecule has 176 valence electrons. The second kappa shape index (κ2) is 8.99. The number of pyridine rings is 1. The number of H-pyrrole nitrogens is 1. The van der Waals surface area contributed by atoms with Crippen LogP contribution in [0.25, 0.3) is 10.9 Å². The van der Waals surface area contributed by atoms with E-state index >= 15 is 0 Å². The van der Waals surface area contributed by atoms with Gasteiger partial charge in [-0.25, -0.2) is 4.98 Å². The van der Waals surface area contributed by atoms with Crippen LogP contribution in [0.4, 0.5) is 5.69 Å². The molecule has 4 heterocycles. The van der Waals surface area contributed by atoms with Gasteiger partial charge in [0, 0.05) is 59.6 Å². The Labute approximate surface area is 205 Å². The molecule has 2 aromatic carbocycles. The smallest absolute Gasteiger partial charge is 0.256 e. The van der Waals surface area contributed by atoms with Crippen LogP contribution in [0.15, 0.2) is 65.8 Å². The number of carbonyl (C=O) groups is 2. The molecule has 2 amide bonds. The van der Waals surface area contributed by atoms with E-state index in [0.717, 1.165) is 17.3 Å². The third-order valence-electron chi connectivity index (χ3n) is 6.17.